The van der Waals surface area contributed by atoms with Crippen molar-refractivity contribution in [3.05, 3.63) is 36.8 Å². The topological polar surface area (TPSA) is 75.2 Å². The number of aromatic nitrogens is 3. The van der Waals surface area contributed by atoms with E-state index in [1.165, 1.54) is 12.8 Å². The van der Waals surface area contributed by atoms with Crippen LogP contribution in [0.5, 0.6) is 5.75 Å². The molecule has 0 atom stereocenters. The second-order valence-electron chi connectivity index (χ2n) is 10.2. The number of nitrogens with zero attached hydrogens (tertiary/aromatic N) is 3. The van der Waals surface area contributed by atoms with E-state index in [4.69, 9.17) is 15.2 Å². The molecular formula is C25H30N4O2. The van der Waals surface area contributed by atoms with E-state index in [0.717, 1.165) is 59.5 Å². The molecule has 0 spiro atoms. The molecule has 1 saturated carbocycles. The van der Waals surface area contributed by atoms with Crippen molar-refractivity contribution in [1.29, 1.82) is 0 Å². The summed E-state index contributed by atoms with van der Waals surface area (Å²) < 4.78 is 14.9. The van der Waals surface area contributed by atoms with Crippen molar-refractivity contribution < 1.29 is 9.47 Å². The zero-order valence-corrected chi connectivity index (χ0v) is 18.3. The highest BCUT2D eigenvalue weighted by Gasteiger charge is 2.53. The molecule has 2 aliphatic heterocycles. The summed E-state index contributed by atoms with van der Waals surface area (Å²) in [4.78, 5) is 8.86. The van der Waals surface area contributed by atoms with Crippen LogP contribution >= 0.6 is 0 Å². The van der Waals surface area contributed by atoms with Crippen LogP contribution in [0.1, 0.15) is 58.4 Å². The zero-order chi connectivity index (χ0) is 21.2. The Balaban J connectivity index is 1.31. The summed E-state index contributed by atoms with van der Waals surface area (Å²) in [7, 11) is 0. The first-order valence-corrected chi connectivity index (χ1v) is 11.5. The fourth-order valence-corrected chi connectivity index (χ4v) is 5.80. The molecule has 2 aromatic heterocycles. The number of nitrogen functional groups attached to an aromatic ring is 1. The van der Waals surface area contributed by atoms with Crippen LogP contribution in [-0.4, -0.2) is 32.3 Å². The van der Waals surface area contributed by atoms with Gasteiger partial charge in [0.1, 0.15) is 35.7 Å². The molecule has 3 aromatic rings. The molecule has 162 valence electrons. The summed E-state index contributed by atoms with van der Waals surface area (Å²) in [6.45, 7) is 5.14. The molecule has 2 bridgehead atoms. The number of nitrogens with two attached hydrogens (primary N) is 1. The van der Waals surface area contributed by atoms with Crippen LogP contribution in [0, 0.1) is 5.92 Å². The van der Waals surface area contributed by atoms with Crippen molar-refractivity contribution in [3.8, 4) is 16.9 Å². The highest BCUT2D eigenvalue weighted by molar-refractivity contribution is 6.00. The van der Waals surface area contributed by atoms with E-state index in [0.29, 0.717) is 18.5 Å². The lowest BCUT2D eigenvalue weighted by Crippen LogP contribution is -2.32. The number of hydrogen-bond acceptors (Lipinski definition) is 5. The van der Waals surface area contributed by atoms with Crippen molar-refractivity contribution in [1.82, 2.24) is 14.5 Å². The Hall–Kier alpha value is -2.60. The first-order chi connectivity index (χ1) is 14.9. The minimum atomic E-state index is -0.111. The van der Waals surface area contributed by atoms with Gasteiger partial charge in [-0.1, -0.05) is 19.1 Å². The fourth-order valence-electron chi connectivity index (χ4n) is 5.80. The minimum absolute atomic E-state index is 0.0591. The molecule has 31 heavy (non-hydrogen) atoms. The third-order valence-electron chi connectivity index (χ3n) is 7.71. The van der Waals surface area contributed by atoms with Crippen molar-refractivity contribution >= 4 is 16.9 Å². The van der Waals surface area contributed by atoms with Gasteiger partial charge in [0, 0.05) is 17.8 Å². The van der Waals surface area contributed by atoms with Gasteiger partial charge in [0.2, 0.25) is 0 Å². The lowest BCUT2D eigenvalue weighted by atomic mass is 9.82. The summed E-state index contributed by atoms with van der Waals surface area (Å²) in [5, 5.41) is 0.934. The van der Waals surface area contributed by atoms with E-state index < -0.39 is 0 Å². The third kappa shape index (κ3) is 3.11. The molecule has 6 nitrogen and oxygen atoms in total. The molecule has 2 saturated heterocycles. The molecule has 4 heterocycles. The zero-order valence-electron chi connectivity index (χ0n) is 18.3. The summed E-state index contributed by atoms with van der Waals surface area (Å²) in [5.74, 6) is 2.15. The highest BCUT2D eigenvalue weighted by Crippen LogP contribution is 2.50. The number of hydrogen-bond donors (Lipinski definition) is 1. The Morgan fingerprint density at radius 1 is 1.19 bits per heavy atom. The van der Waals surface area contributed by atoms with E-state index in [9.17, 15) is 0 Å². The quantitative estimate of drug-likeness (QED) is 0.621. The molecule has 0 amide bonds. The standard InChI is InChI=1S/C25H30N4O2/c1-16-10-18(11-16)29-13-20(21-22(26)27-15-28-23(21)29)17-4-3-5-19(12-17)30-14-25-8-6-24(2,31-25)7-9-25/h3-5,12-13,15-16,18H,6-11,14H2,1-2H3,(H2,26,27,28). The van der Waals surface area contributed by atoms with E-state index in [1.807, 2.05) is 12.1 Å². The monoisotopic (exact) mass is 418 g/mol. The second kappa shape index (κ2) is 6.70. The Bertz CT molecular complexity index is 1140. The predicted molar refractivity (Wildman–Crippen MR) is 121 cm³/mol. The molecule has 3 aliphatic rings. The molecule has 1 aromatic carbocycles. The Kier molecular flexibility index (Phi) is 4.13. The van der Waals surface area contributed by atoms with E-state index in [1.54, 1.807) is 6.33 Å². The number of benzene rings is 1. The van der Waals surface area contributed by atoms with Crippen LogP contribution in [0.4, 0.5) is 5.82 Å². The van der Waals surface area contributed by atoms with Crippen molar-refractivity contribution in [3.63, 3.8) is 0 Å². The number of rotatable bonds is 5. The number of ether oxygens (including phenoxy) is 2. The average Bonchev–Trinajstić information content (AvgIpc) is 3.40. The molecule has 6 rings (SSSR count). The van der Waals surface area contributed by atoms with Gasteiger partial charge in [-0.25, -0.2) is 9.97 Å². The number of fused-ring (bicyclic) bond motifs is 3. The van der Waals surface area contributed by atoms with Gasteiger partial charge >= 0.3 is 0 Å². The van der Waals surface area contributed by atoms with Crippen molar-refractivity contribution in [2.75, 3.05) is 12.3 Å². The summed E-state index contributed by atoms with van der Waals surface area (Å²) in [5.41, 5.74) is 9.34. The summed E-state index contributed by atoms with van der Waals surface area (Å²) in [6, 6.07) is 8.77. The van der Waals surface area contributed by atoms with Crippen LogP contribution in [0.3, 0.4) is 0 Å². The second-order valence-corrected chi connectivity index (χ2v) is 10.2. The minimum Gasteiger partial charge on any atom is -0.491 e. The Labute approximate surface area is 182 Å². The van der Waals surface area contributed by atoms with Gasteiger partial charge in [-0.3, -0.25) is 0 Å². The van der Waals surface area contributed by atoms with Crippen molar-refractivity contribution in [2.45, 2.75) is 69.6 Å². The largest absolute Gasteiger partial charge is 0.491 e. The van der Waals surface area contributed by atoms with Gasteiger partial charge in [-0.15, -0.1) is 0 Å². The molecule has 0 radical (unpaired) electrons. The van der Waals surface area contributed by atoms with Crippen LogP contribution in [0.15, 0.2) is 36.8 Å². The average molecular weight is 419 g/mol. The van der Waals surface area contributed by atoms with E-state index in [-0.39, 0.29) is 11.2 Å². The lowest BCUT2D eigenvalue weighted by Gasteiger charge is -2.34. The van der Waals surface area contributed by atoms with Crippen molar-refractivity contribution in [2.24, 2.45) is 5.92 Å². The normalized spacial score (nSPS) is 31.8. The van der Waals surface area contributed by atoms with Gasteiger partial charge in [0.05, 0.1) is 11.0 Å². The van der Waals surface area contributed by atoms with Gasteiger partial charge in [-0.2, -0.15) is 0 Å². The molecule has 2 N–H and O–H groups in total. The Morgan fingerprint density at radius 2 is 2.00 bits per heavy atom. The molecule has 1 aliphatic carbocycles. The predicted octanol–water partition coefficient (Wildman–Crippen LogP) is 5.13. The number of anilines is 1. The molecule has 6 heteroatoms. The maximum Gasteiger partial charge on any atom is 0.146 e. The molecular weight excluding hydrogens is 388 g/mol. The SMILES string of the molecule is CC1CC(n2cc(-c3cccc(OCC45CCC(C)(CC4)O5)c3)c3c(N)ncnc32)C1. The molecule has 0 unspecified atom stereocenters. The maximum absolute atomic E-state index is 6.35. The smallest absolute Gasteiger partial charge is 0.146 e. The van der Waals surface area contributed by atoms with Crippen LogP contribution in [0.25, 0.3) is 22.2 Å². The van der Waals surface area contributed by atoms with Gasteiger partial charge in [0.15, 0.2) is 0 Å². The van der Waals surface area contributed by atoms with Gasteiger partial charge in [-0.05, 0) is 69.1 Å². The van der Waals surface area contributed by atoms with Crippen LogP contribution in [0.2, 0.25) is 0 Å². The van der Waals surface area contributed by atoms with E-state index >= 15 is 0 Å². The van der Waals surface area contributed by atoms with Gasteiger partial charge < -0.3 is 19.8 Å². The highest BCUT2D eigenvalue weighted by atomic mass is 16.6. The third-order valence-corrected chi connectivity index (χ3v) is 7.71. The van der Waals surface area contributed by atoms with Gasteiger partial charge in [0.25, 0.3) is 0 Å². The van der Waals surface area contributed by atoms with Crippen LogP contribution in [-0.2, 0) is 4.74 Å². The first kappa shape index (κ1) is 19.1. The first-order valence-electron chi connectivity index (χ1n) is 11.5. The summed E-state index contributed by atoms with van der Waals surface area (Å²) >= 11 is 0. The Morgan fingerprint density at radius 3 is 2.71 bits per heavy atom. The van der Waals surface area contributed by atoms with E-state index in [2.05, 4.69) is 46.7 Å². The molecule has 3 fully saturated rings. The summed E-state index contributed by atoms with van der Waals surface area (Å²) in [6.07, 6.45) is 10.6. The van der Waals surface area contributed by atoms with Crippen LogP contribution < -0.4 is 10.5 Å². The fraction of sp³-hybridized carbons (Fsp3) is 0.520. The maximum atomic E-state index is 6.35. The lowest BCUT2D eigenvalue weighted by molar-refractivity contribution is -0.0597.